The van der Waals surface area contributed by atoms with Crippen molar-refractivity contribution >= 4 is 26.5 Å². The first kappa shape index (κ1) is 22.6. The van der Waals surface area contributed by atoms with Gasteiger partial charge in [-0.1, -0.05) is 35.4 Å². The number of aromatic hydroxyl groups is 1. The second-order valence-electron chi connectivity index (χ2n) is 7.02. The number of phenols is 1. The molecule has 0 aliphatic rings. The number of hydrogen-bond donors (Lipinski definition) is 3. The minimum atomic E-state index is -4.69. The molecule has 0 unspecified atom stereocenters. The van der Waals surface area contributed by atoms with E-state index < -0.39 is 35.8 Å². The van der Waals surface area contributed by atoms with Crippen molar-refractivity contribution in [2.45, 2.75) is 23.6 Å². The van der Waals surface area contributed by atoms with Crippen molar-refractivity contribution in [2.75, 3.05) is 0 Å². The lowest BCUT2D eigenvalue weighted by Gasteiger charge is -2.15. The lowest BCUT2D eigenvalue weighted by Crippen LogP contribution is -2.04. The van der Waals surface area contributed by atoms with Crippen molar-refractivity contribution in [1.82, 2.24) is 0 Å². The Kier molecular flexibility index (Phi) is 5.76. The first-order chi connectivity index (χ1) is 14.3. The molecule has 0 fully saturated rings. The molecule has 3 N–H and O–H groups in total. The maximum absolute atomic E-state index is 11.9. The molecule has 3 aromatic rings. The van der Waals surface area contributed by atoms with Gasteiger partial charge < -0.3 is 5.11 Å². The minimum Gasteiger partial charge on any atom is -0.507 e. The lowest BCUT2D eigenvalue weighted by atomic mass is 9.93. The normalized spacial score (nSPS) is 12.0. The van der Waals surface area contributed by atoms with Crippen LogP contribution in [0.1, 0.15) is 21.5 Å². The Balaban J connectivity index is 2.45. The molecule has 0 aliphatic carbocycles. The van der Waals surface area contributed by atoms with Crippen LogP contribution in [0.4, 0.5) is 0 Å². The fraction of sp³-hybridized carbons (Fsp3) is 0.0952. The molecule has 162 valence electrons. The van der Waals surface area contributed by atoms with Crippen LogP contribution >= 0.6 is 0 Å². The first-order valence-corrected chi connectivity index (χ1v) is 11.7. The van der Waals surface area contributed by atoms with E-state index in [0.29, 0.717) is 17.4 Å². The highest BCUT2D eigenvalue weighted by atomic mass is 32.2. The van der Waals surface area contributed by atoms with E-state index in [0.717, 1.165) is 12.1 Å². The summed E-state index contributed by atoms with van der Waals surface area (Å²) in [6.45, 7) is 3.35. The summed E-state index contributed by atoms with van der Waals surface area (Å²) >= 11 is 0. The third-order valence-corrected chi connectivity index (χ3v) is 6.53. The number of benzene rings is 3. The van der Waals surface area contributed by atoms with E-state index >= 15 is 0 Å². The van der Waals surface area contributed by atoms with Gasteiger partial charge >= 0.3 is 0 Å². The van der Waals surface area contributed by atoms with Crippen molar-refractivity contribution < 1.29 is 35.8 Å². The summed E-state index contributed by atoms with van der Waals surface area (Å²) in [5.41, 5.74) is 1.07. The smallest absolute Gasteiger partial charge is 0.295 e. The van der Waals surface area contributed by atoms with Crippen molar-refractivity contribution in [3.63, 3.8) is 0 Å². The quantitative estimate of drug-likeness (QED) is 0.385. The Morgan fingerprint density at radius 3 is 1.68 bits per heavy atom. The molecule has 0 atom stereocenters. The predicted molar refractivity (Wildman–Crippen MR) is 113 cm³/mol. The van der Waals surface area contributed by atoms with Gasteiger partial charge in [-0.25, -0.2) is 0 Å². The van der Waals surface area contributed by atoms with Crippen LogP contribution < -0.4 is 0 Å². The molecule has 3 aromatic carbocycles. The molecule has 31 heavy (non-hydrogen) atoms. The number of aldehydes is 1. The monoisotopic (exact) mass is 462 g/mol. The molecule has 0 heterocycles. The summed E-state index contributed by atoms with van der Waals surface area (Å²) in [7, 11) is -9.31. The summed E-state index contributed by atoms with van der Waals surface area (Å²) < 4.78 is 66.8. The average Bonchev–Trinajstić information content (AvgIpc) is 2.65. The van der Waals surface area contributed by atoms with E-state index in [9.17, 15) is 35.8 Å². The van der Waals surface area contributed by atoms with E-state index in [1.54, 1.807) is 13.8 Å². The highest BCUT2D eigenvalue weighted by molar-refractivity contribution is 7.86. The molecule has 8 nitrogen and oxygen atoms in total. The highest BCUT2D eigenvalue weighted by Crippen LogP contribution is 2.39. The van der Waals surface area contributed by atoms with Crippen LogP contribution in [0.15, 0.2) is 58.3 Å². The topological polar surface area (TPSA) is 146 Å². The lowest BCUT2D eigenvalue weighted by molar-refractivity contribution is 0.112. The van der Waals surface area contributed by atoms with Crippen LogP contribution in [0.2, 0.25) is 0 Å². The fourth-order valence-corrected chi connectivity index (χ4v) is 4.70. The van der Waals surface area contributed by atoms with E-state index in [1.807, 2.05) is 0 Å². The summed E-state index contributed by atoms with van der Waals surface area (Å²) in [6, 6.07) is 10.6. The molecule has 3 rings (SSSR count). The first-order valence-electron chi connectivity index (χ1n) is 8.82. The van der Waals surface area contributed by atoms with Crippen LogP contribution in [0.25, 0.3) is 22.3 Å². The fourth-order valence-electron chi connectivity index (χ4n) is 3.31. The van der Waals surface area contributed by atoms with Crippen molar-refractivity contribution in [3.05, 3.63) is 65.2 Å². The second-order valence-corrected chi connectivity index (χ2v) is 9.80. The SMILES string of the molecule is Cc1ccc(S(=O)(=O)O)c(-c2cc(O)c(C=O)c(-c3cc(C)ccc3S(=O)(=O)O)c2)c1. The Hall–Kier alpha value is -3.05. The summed E-state index contributed by atoms with van der Waals surface area (Å²) in [4.78, 5) is 10.8. The molecule has 10 heteroatoms. The average molecular weight is 463 g/mol. The standard InChI is InChI=1S/C21H18O8S2/c1-12-3-5-20(30(24,25)26)15(7-12)14-9-16(18(11-22)19(23)10-14)17-8-13(2)4-6-21(17)31(27,28)29/h3-11,23H,1-2H3,(H,24,25,26)(H,27,28,29). The zero-order valence-electron chi connectivity index (χ0n) is 16.4. The molecular weight excluding hydrogens is 444 g/mol. The third kappa shape index (κ3) is 4.52. The van der Waals surface area contributed by atoms with E-state index in [4.69, 9.17) is 0 Å². The van der Waals surface area contributed by atoms with E-state index in [2.05, 4.69) is 0 Å². The van der Waals surface area contributed by atoms with Crippen molar-refractivity contribution in [3.8, 4) is 28.0 Å². The summed E-state index contributed by atoms with van der Waals surface area (Å²) in [6.07, 6.45) is 0.324. The van der Waals surface area contributed by atoms with Gasteiger partial charge in [-0.3, -0.25) is 13.9 Å². The molecule has 0 radical (unpaired) electrons. The Bertz CT molecular complexity index is 1420. The summed E-state index contributed by atoms with van der Waals surface area (Å²) in [5.74, 6) is -0.534. The Morgan fingerprint density at radius 2 is 1.19 bits per heavy atom. The second kappa shape index (κ2) is 7.89. The molecule has 0 saturated carbocycles. The van der Waals surface area contributed by atoms with Gasteiger partial charge in [0.1, 0.15) is 15.5 Å². The van der Waals surface area contributed by atoms with Crippen LogP contribution in [-0.4, -0.2) is 37.3 Å². The number of carbonyl (C=O) groups excluding carboxylic acids is 1. The molecule has 0 amide bonds. The van der Waals surface area contributed by atoms with Crippen LogP contribution in [-0.2, 0) is 20.2 Å². The van der Waals surface area contributed by atoms with Gasteiger partial charge in [0.05, 0.1) is 5.56 Å². The van der Waals surface area contributed by atoms with Gasteiger partial charge in [0, 0.05) is 11.1 Å². The third-order valence-electron chi connectivity index (χ3n) is 4.70. The molecule has 0 spiro atoms. The van der Waals surface area contributed by atoms with Crippen LogP contribution in [0.5, 0.6) is 5.75 Å². The van der Waals surface area contributed by atoms with E-state index in [1.165, 1.54) is 36.4 Å². The molecule has 0 aliphatic heterocycles. The van der Waals surface area contributed by atoms with E-state index in [-0.39, 0.29) is 27.8 Å². The Morgan fingerprint density at radius 1 is 0.710 bits per heavy atom. The highest BCUT2D eigenvalue weighted by Gasteiger charge is 2.23. The zero-order chi connectivity index (χ0) is 23.1. The van der Waals surface area contributed by atoms with Crippen molar-refractivity contribution in [1.29, 1.82) is 0 Å². The van der Waals surface area contributed by atoms with Gasteiger partial charge in [0.15, 0.2) is 6.29 Å². The summed E-state index contributed by atoms with van der Waals surface area (Å²) in [5, 5.41) is 10.5. The maximum Gasteiger partial charge on any atom is 0.295 e. The van der Waals surface area contributed by atoms with Gasteiger partial charge in [-0.05, 0) is 49.2 Å². The maximum atomic E-state index is 11.9. The molecule has 0 saturated heterocycles. The van der Waals surface area contributed by atoms with Crippen molar-refractivity contribution in [2.24, 2.45) is 0 Å². The number of rotatable bonds is 5. The van der Waals surface area contributed by atoms with Crippen LogP contribution in [0, 0.1) is 13.8 Å². The number of hydrogen-bond acceptors (Lipinski definition) is 6. The van der Waals surface area contributed by atoms with Gasteiger partial charge in [0.25, 0.3) is 20.2 Å². The molecule has 0 bridgehead atoms. The number of aryl methyl sites for hydroxylation is 2. The zero-order valence-corrected chi connectivity index (χ0v) is 18.0. The minimum absolute atomic E-state index is 0.0379. The Labute approximate surface area is 179 Å². The molecular formula is C21H18O8S2. The van der Waals surface area contributed by atoms with Gasteiger partial charge in [-0.2, -0.15) is 16.8 Å². The molecule has 0 aromatic heterocycles. The largest absolute Gasteiger partial charge is 0.507 e. The van der Waals surface area contributed by atoms with Crippen LogP contribution in [0.3, 0.4) is 0 Å². The predicted octanol–water partition coefficient (Wildman–Crippen LogP) is 3.65. The van der Waals surface area contributed by atoms with Gasteiger partial charge in [-0.15, -0.1) is 0 Å². The number of carbonyl (C=O) groups is 1. The number of phenolic OH excluding ortho intramolecular Hbond substituents is 1. The van der Waals surface area contributed by atoms with Gasteiger partial charge in [0.2, 0.25) is 0 Å².